The lowest BCUT2D eigenvalue weighted by Crippen LogP contribution is -2.03. The zero-order chi connectivity index (χ0) is 20.5. The minimum Gasteiger partial charge on any atom is -0.339 e. The largest absolute Gasteiger partial charge is 0.339 e. The maximum atomic E-state index is 4.97. The zero-order valence-corrected chi connectivity index (χ0v) is 17.3. The lowest BCUT2D eigenvalue weighted by Gasteiger charge is -2.12. The Bertz CT molecular complexity index is 1300. The Kier molecular flexibility index (Phi) is 4.68. The summed E-state index contributed by atoms with van der Waals surface area (Å²) in [6, 6.07) is 34.1. The van der Waals surface area contributed by atoms with Crippen molar-refractivity contribution in [2.45, 2.75) is 20.4 Å². The zero-order valence-electron chi connectivity index (χ0n) is 17.3. The molecule has 3 aromatic carbocycles. The maximum Gasteiger partial charge on any atom is 0.0712 e. The van der Waals surface area contributed by atoms with Crippen molar-refractivity contribution in [3.8, 4) is 22.5 Å². The number of fused-ring (bicyclic) bond motifs is 1. The topological polar surface area (TPSA) is 17.8 Å². The van der Waals surface area contributed by atoms with Gasteiger partial charge in [0.1, 0.15) is 0 Å². The molecule has 0 bridgehead atoms. The molecular weight excluding hydrogens is 364 g/mol. The van der Waals surface area contributed by atoms with Gasteiger partial charge < -0.3 is 4.57 Å². The number of aromatic nitrogens is 2. The van der Waals surface area contributed by atoms with Crippen LogP contribution in [0, 0.1) is 13.8 Å². The molecule has 2 heteroatoms. The fraction of sp³-hybridized carbons (Fsp3) is 0.107. The molecule has 5 rings (SSSR count). The van der Waals surface area contributed by atoms with E-state index in [9.17, 15) is 0 Å². The first-order valence-corrected chi connectivity index (χ1v) is 10.4. The molecule has 146 valence electrons. The van der Waals surface area contributed by atoms with Crippen molar-refractivity contribution in [1.82, 2.24) is 9.55 Å². The van der Waals surface area contributed by atoms with E-state index in [-0.39, 0.29) is 0 Å². The van der Waals surface area contributed by atoms with Gasteiger partial charge in [0.2, 0.25) is 0 Å². The number of benzene rings is 3. The molecular formula is C28H24N2. The average molecular weight is 389 g/mol. The second-order valence-electron chi connectivity index (χ2n) is 7.75. The van der Waals surface area contributed by atoms with Crippen LogP contribution >= 0.6 is 0 Å². The Morgan fingerprint density at radius 1 is 0.700 bits per heavy atom. The minimum absolute atomic E-state index is 0.839. The Morgan fingerprint density at radius 3 is 1.90 bits per heavy atom. The van der Waals surface area contributed by atoms with E-state index < -0.39 is 0 Å². The third-order valence-electron chi connectivity index (χ3n) is 5.79. The highest BCUT2D eigenvalue weighted by Crippen LogP contribution is 2.37. The van der Waals surface area contributed by atoms with Crippen molar-refractivity contribution < 1.29 is 0 Å². The molecule has 0 saturated heterocycles. The lowest BCUT2D eigenvalue weighted by molar-refractivity contribution is 0.788. The second-order valence-corrected chi connectivity index (χ2v) is 7.75. The number of rotatable bonds is 4. The second kappa shape index (κ2) is 7.64. The van der Waals surface area contributed by atoms with E-state index in [4.69, 9.17) is 4.98 Å². The predicted molar refractivity (Wildman–Crippen MR) is 126 cm³/mol. The van der Waals surface area contributed by atoms with E-state index in [1.165, 1.54) is 33.3 Å². The van der Waals surface area contributed by atoms with Gasteiger partial charge in [-0.15, -0.1) is 0 Å². The maximum absolute atomic E-state index is 4.97. The van der Waals surface area contributed by atoms with Gasteiger partial charge in [-0.25, -0.2) is 0 Å². The molecule has 5 aromatic rings. The molecule has 0 fully saturated rings. The summed E-state index contributed by atoms with van der Waals surface area (Å²) < 4.78 is 2.44. The smallest absolute Gasteiger partial charge is 0.0712 e. The van der Waals surface area contributed by atoms with Crippen molar-refractivity contribution in [2.75, 3.05) is 0 Å². The predicted octanol–water partition coefficient (Wildman–Crippen LogP) is 7.04. The summed E-state index contributed by atoms with van der Waals surface area (Å²) in [5.74, 6) is 0. The van der Waals surface area contributed by atoms with Crippen LogP contribution in [0.2, 0.25) is 0 Å². The molecule has 30 heavy (non-hydrogen) atoms. The summed E-state index contributed by atoms with van der Waals surface area (Å²) in [7, 11) is 0. The molecule has 2 heterocycles. The minimum atomic E-state index is 0.839. The van der Waals surface area contributed by atoms with Gasteiger partial charge in [0.05, 0.1) is 11.4 Å². The lowest BCUT2D eigenvalue weighted by atomic mass is 10.0. The van der Waals surface area contributed by atoms with E-state index >= 15 is 0 Å². The van der Waals surface area contributed by atoms with Gasteiger partial charge in [0.25, 0.3) is 0 Å². The van der Waals surface area contributed by atoms with Crippen molar-refractivity contribution >= 4 is 10.8 Å². The number of nitrogens with zero attached hydrogens (tertiary/aromatic N) is 2. The summed E-state index contributed by atoms with van der Waals surface area (Å²) in [4.78, 5) is 4.97. The first-order valence-electron chi connectivity index (χ1n) is 10.4. The molecule has 2 aromatic heterocycles. The van der Waals surface area contributed by atoms with E-state index in [0.717, 1.165) is 23.5 Å². The van der Waals surface area contributed by atoms with Crippen LogP contribution in [0.5, 0.6) is 0 Å². The molecule has 0 aliphatic carbocycles. The number of hydrogen-bond acceptors (Lipinski definition) is 1. The standard InChI is InChI=1S/C28H24N2/c1-20-27-21(2)30(19-22-12-6-3-7-13-22)28(24-16-10-5-11-17-24)25(27)18-26(29-20)23-14-8-4-9-15-23/h3-18H,19H2,1-2H3. The normalized spacial score (nSPS) is 11.1. The Hall–Kier alpha value is -3.65. The summed E-state index contributed by atoms with van der Waals surface area (Å²) in [6.07, 6.45) is 0. The van der Waals surface area contributed by atoms with Crippen LogP contribution in [0.3, 0.4) is 0 Å². The van der Waals surface area contributed by atoms with Crippen molar-refractivity contribution in [1.29, 1.82) is 0 Å². The highest BCUT2D eigenvalue weighted by molar-refractivity contribution is 6.01. The van der Waals surface area contributed by atoms with Crippen molar-refractivity contribution in [3.05, 3.63) is 114 Å². The number of hydrogen-bond donors (Lipinski definition) is 0. The van der Waals surface area contributed by atoms with E-state index in [0.29, 0.717) is 0 Å². The fourth-order valence-corrected chi connectivity index (χ4v) is 4.39. The molecule has 0 aliphatic heterocycles. The van der Waals surface area contributed by atoms with Gasteiger partial charge in [-0.3, -0.25) is 4.98 Å². The van der Waals surface area contributed by atoms with Crippen LogP contribution in [0.4, 0.5) is 0 Å². The molecule has 0 amide bonds. The van der Waals surface area contributed by atoms with Gasteiger partial charge in [0.15, 0.2) is 0 Å². The highest BCUT2D eigenvalue weighted by Gasteiger charge is 2.19. The van der Waals surface area contributed by atoms with Crippen molar-refractivity contribution in [2.24, 2.45) is 0 Å². The first-order chi connectivity index (χ1) is 14.7. The molecule has 0 N–H and O–H groups in total. The molecule has 0 unspecified atom stereocenters. The Balaban J connectivity index is 1.80. The Morgan fingerprint density at radius 2 is 1.27 bits per heavy atom. The van der Waals surface area contributed by atoms with Crippen molar-refractivity contribution in [3.63, 3.8) is 0 Å². The fourth-order valence-electron chi connectivity index (χ4n) is 4.39. The quantitative estimate of drug-likeness (QED) is 0.323. The highest BCUT2D eigenvalue weighted by atomic mass is 15.0. The molecule has 0 saturated carbocycles. The van der Waals surface area contributed by atoms with E-state index in [1.54, 1.807) is 0 Å². The average Bonchev–Trinajstić information content (AvgIpc) is 3.07. The summed E-state index contributed by atoms with van der Waals surface area (Å²) >= 11 is 0. The van der Waals surface area contributed by atoms with Gasteiger partial charge >= 0.3 is 0 Å². The van der Waals surface area contributed by atoms with E-state index in [2.05, 4.69) is 109 Å². The van der Waals surface area contributed by atoms with Gasteiger partial charge in [-0.05, 0) is 31.0 Å². The summed E-state index contributed by atoms with van der Waals surface area (Å²) in [5, 5.41) is 2.52. The van der Waals surface area contributed by atoms with Gasteiger partial charge in [-0.1, -0.05) is 91.0 Å². The number of pyridine rings is 1. The van der Waals surface area contributed by atoms with Gasteiger partial charge in [0, 0.05) is 34.3 Å². The van der Waals surface area contributed by atoms with Crippen LogP contribution in [0.1, 0.15) is 17.0 Å². The molecule has 0 atom stereocenters. The Labute approximate surface area is 177 Å². The van der Waals surface area contributed by atoms with Gasteiger partial charge in [-0.2, -0.15) is 0 Å². The third kappa shape index (κ3) is 3.21. The summed E-state index contributed by atoms with van der Waals surface area (Å²) in [5.41, 5.74) is 8.30. The molecule has 0 spiro atoms. The van der Waals surface area contributed by atoms with Crippen LogP contribution < -0.4 is 0 Å². The van der Waals surface area contributed by atoms with Crippen LogP contribution in [0.15, 0.2) is 97.1 Å². The van der Waals surface area contributed by atoms with Crippen LogP contribution in [0.25, 0.3) is 33.3 Å². The SMILES string of the molecule is Cc1nc(-c2ccccc2)cc2c(-c3ccccc3)n(Cc3ccccc3)c(C)c12. The third-order valence-corrected chi connectivity index (χ3v) is 5.79. The molecule has 2 nitrogen and oxygen atoms in total. The monoisotopic (exact) mass is 388 g/mol. The number of aryl methyl sites for hydroxylation is 2. The molecule has 0 radical (unpaired) electrons. The summed E-state index contributed by atoms with van der Waals surface area (Å²) in [6.45, 7) is 5.18. The van der Waals surface area contributed by atoms with Crippen LogP contribution in [-0.4, -0.2) is 9.55 Å². The first kappa shape index (κ1) is 18.4. The van der Waals surface area contributed by atoms with Crippen LogP contribution in [-0.2, 0) is 6.54 Å². The van der Waals surface area contributed by atoms with E-state index in [1.807, 2.05) is 6.07 Å². The molecule has 0 aliphatic rings.